The molecule has 1 aromatic carbocycles. The highest BCUT2D eigenvalue weighted by Gasteiger charge is 2.14. The molecular formula is C17H20N4O. The summed E-state index contributed by atoms with van der Waals surface area (Å²) >= 11 is 0. The molecule has 1 N–H and O–H groups in total. The SMILES string of the molecule is c1ccc2c(-c3nc(CCCN4CCCC4)no3)c[nH]c2c1. The number of aryl methyl sites for hydroxylation is 1. The van der Waals surface area contributed by atoms with Crippen LogP contribution in [-0.2, 0) is 6.42 Å². The Labute approximate surface area is 129 Å². The maximum absolute atomic E-state index is 5.44. The van der Waals surface area contributed by atoms with Crippen LogP contribution in [0.1, 0.15) is 25.1 Å². The summed E-state index contributed by atoms with van der Waals surface area (Å²) in [6.45, 7) is 3.62. The summed E-state index contributed by atoms with van der Waals surface area (Å²) in [4.78, 5) is 10.3. The molecule has 5 nitrogen and oxygen atoms in total. The molecule has 1 saturated heterocycles. The topological polar surface area (TPSA) is 58.0 Å². The van der Waals surface area contributed by atoms with Gasteiger partial charge in [0.1, 0.15) is 0 Å². The highest BCUT2D eigenvalue weighted by Crippen LogP contribution is 2.27. The lowest BCUT2D eigenvalue weighted by molar-refractivity contribution is 0.331. The van der Waals surface area contributed by atoms with Crippen molar-refractivity contribution in [1.82, 2.24) is 20.0 Å². The van der Waals surface area contributed by atoms with Crippen LogP contribution in [0.5, 0.6) is 0 Å². The molecule has 5 heteroatoms. The van der Waals surface area contributed by atoms with Gasteiger partial charge in [-0.3, -0.25) is 0 Å². The van der Waals surface area contributed by atoms with Crippen LogP contribution in [0.3, 0.4) is 0 Å². The van der Waals surface area contributed by atoms with Crippen LogP contribution in [-0.4, -0.2) is 39.7 Å². The van der Waals surface area contributed by atoms with E-state index in [1.807, 2.05) is 24.4 Å². The highest BCUT2D eigenvalue weighted by molar-refractivity contribution is 5.93. The number of likely N-dealkylation sites (tertiary alicyclic amines) is 1. The highest BCUT2D eigenvalue weighted by atomic mass is 16.5. The number of aromatic amines is 1. The molecular weight excluding hydrogens is 276 g/mol. The molecule has 0 atom stereocenters. The van der Waals surface area contributed by atoms with E-state index in [0.717, 1.165) is 41.7 Å². The van der Waals surface area contributed by atoms with Gasteiger partial charge in [0.2, 0.25) is 0 Å². The first-order chi connectivity index (χ1) is 10.9. The van der Waals surface area contributed by atoms with Crippen LogP contribution >= 0.6 is 0 Å². The summed E-state index contributed by atoms with van der Waals surface area (Å²) < 4.78 is 5.44. The molecule has 0 aliphatic carbocycles. The Morgan fingerprint density at radius 2 is 2.05 bits per heavy atom. The molecule has 3 heterocycles. The molecule has 0 saturated carbocycles. The van der Waals surface area contributed by atoms with E-state index in [1.54, 1.807) is 0 Å². The monoisotopic (exact) mass is 296 g/mol. The maximum Gasteiger partial charge on any atom is 0.260 e. The Kier molecular flexibility index (Phi) is 3.64. The average molecular weight is 296 g/mol. The summed E-state index contributed by atoms with van der Waals surface area (Å²) in [6, 6.07) is 8.15. The second-order valence-corrected chi connectivity index (χ2v) is 5.92. The van der Waals surface area contributed by atoms with Gasteiger partial charge >= 0.3 is 0 Å². The number of para-hydroxylation sites is 1. The van der Waals surface area contributed by atoms with Crippen molar-refractivity contribution in [2.24, 2.45) is 0 Å². The Bertz CT molecular complexity index is 755. The number of aromatic nitrogens is 3. The van der Waals surface area contributed by atoms with Crippen molar-refractivity contribution in [2.45, 2.75) is 25.7 Å². The molecule has 114 valence electrons. The summed E-state index contributed by atoms with van der Waals surface area (Å²) in [5.74, 6) is 1.41. The number of hydrogen-bond donors (Lipinski definition) is 1. The van der Waals surface area contributed by atoms with Gasteiger partial charge < -0.3 is 14.4 Å². The minimum atomic E-state index is 0.605. The smallest absolute Gasteiger partial charge is 0.260 e. The minimum Gasteiger partial charge on any atom is -0.360 e. The standard InChI is InChI=1S/C17H20N4O/c1-2-7-15-13(6-1)14(12-18-15)17-19-16(20-22-17)8-5-11-21-9-3-4-10-21/h1-2,6-7,12,18H,3-5,8-11H2. The largest absolute Gasteiger partial charge is 0.360 e. The number of rotatable bonds is 5. The lowest BCUT2D eigenvalue weighted by Crippen LogP contribution is -2.20. The van der Waals surface area contributed by atoms with Gasteiger partial charge in [0, 0.05) is 23.5 Å². The van der Waals surface area contributed by atoms with Crippen molar-refractivity contribution in [3.05, 3.63) is 36.3 Å². The fourth-order valence-corrected chi connectivity index (χ4v) is 3.18. The first-order valence-electron chi connectivity index (χ1n) is 8.01. The summed E-state index contributed by atoms with van der Waals surface area (Å²) in [6.07, 6.45) is 6.58. The Morgan fingerprint density at radius 3 is 2.95 bits per heavy atom. The van der Waals surface area contributed by atoms with Crippen molar-refractivity contribution in [3.63, 3.8) is 0 Å². The van der Waals surface area contributed by atoms with Crippen LogP contribution < -0.4 is 0 Å². The maximum atomic E-state index is 5.44. The van der Waals surface area contributed by atoms with Gasteiger partial charge in [-0.2, -0.15) is 4.98 Å². The van der Waals surface area contributed by atoms with E-state index in [0.29, 0.717) is 5.89 Å². The van der Waals surface area contributed by atoms with Crippen molar-refractivity contribution in [1.29, 1.82) is 0 Å². The first kappa shape index (κ1) is 13.5. The predicted molar refractivity (Wildman–Crippen MR) is 85.6 cm³/mol. The van der Waals surface area contributed by atoms with Gasteiger partial charge in [-0.25, -0.2) is 0 Å². The summed E-state index contributed by atoms with van der Waals surface area (Å²) in [5, 5.41) is 5.24. The van der Waals surface area contributed by atoms with E-state index in [9.17, 15) is 0 Å². The van der Waals surface area contributed by atoms with Crippen LogP contribution in [0.4, 0.5) is 0 Å². The number of nitrogens with zero attached hydrogens (tertiary/aromatic N) is 3. The molecule has 1 aliphatic rings. The Hall–Kier alpha value is -2.14. The van der Waals surface area contributed by atoms with Gasteiger partial charge in [-0.1, -0.05) is 23.4 Å². The van der Waals surface area contributed by atoms with E-state index >= 15 is 0 Å². The van der Waals surface area contributed by atoms with Gasteiger partial charge in [-0.05, 0) is 45.0 Å². The van der Waals surface area contributed by atoms with E-state index in [2.05, 4.69) is 26.1 Å². The van der Waals surface area contributed by atoms with E-state index in [-0.39, 0.29) is 0 Å². The molecule has 0 bridgehead atoms. The zero-order valence-electron chi connectivity index (χ0n) is 12.6. The second kappa shape index (κ2) is 5.93. The van der Waals surface area contributed by atoms with Crippen LogP contribution in [0.2, 0.25) is 0 Å². The average Bonchev–Trinajstić information content (AvgIpc) is 3.27. The van der Waals surface area contributed by atoms with Crippen LogP contribution in [0, 0.1) is 0 Å². The number of fused-ring (bicyclic) bond motifs is 1. The lowest BCUT2D eigenvalue weighted by Gasteiger charge is -2.12. The third kappa shape index (κ3) is 2.64. The summed E-state index contributed by atoms with van der Waals surface area (Å²) in [5.41, 5.74) is 2.07. The molecule has 4 rings (SSSR count). The minimum absolute atomic E-state index is 0.605. The fourth-order valence-electron chi connectivity index (χ4n) is 3.18. The Morgan fingerprint density at radius 1 is 1.18 bits per heavy atom. The Balaban J connectivity index is 1.44. The fraction of sp³-hybridized carbons (Fsp3) is 0.412. The predicted octanol–water partition coefficient (Wildman–Crippen LogP) is 3.25. The normalized spacial score (nSPS) is 15.8. The van der Waals surface area contributed by atoms with Crippen molar-refractivity contribution in [2.75, 3.05) is 19.6 Å². The summed E-state index contributed by atoms with van der Waals surface area (Å²) in [7, 11) is 0. The zero-order chi connectivity index (χ0) is 14.8. The molecule has 0 unspecified atom stereocenters. The number of nitrogens with one attached hydrogen (secondary N) is 1. The van der Waals surface area contributed by atoms with Crippen molar-refractivity contribution >= 4 is 10.9 Å². The zero-order valence-corrected chi connectivity index (χ0v) is 12.6. The molecule has 22 heavy (non-hydrogen) atoms. The van der Waals surface area contributed by atoms with Gasteiger partial charge in [0.25, 0.3) is 5.89 Å². The van der Waals surface area contributed by atoms with Crippen LogP contribution in [0.15, 0.2) is 35.0 Å². The van der Waals surface area contributed by atoms with Gasteiger partial charge in [0.05, 0.1) is 5.56 Å². The molecule has 0 radical (unpaired) electrons. The lowest BCUT2D eigenvalue weighted by atomic mass is 10.2. The second-order valence-electron chi connectivity index (χ2n) is 5.92. The van der Waals surface area contributed by atoms with E-state index < -0.39 is 0 Å². The van der Waals surface area contributed by atoms with Gasteiger partial charge in [-0.15, -0.1) is 0 Å². The van der Waals surface area contributed by atoms with Crippen molar-refractivity contribution in [3.8, 4) is 11.5 Å². The van der Waals surface area contributed by atoms with Crippen LogP contribution in [0.25, 0.3) is 22.4 Å². The molecule has 0 spiro atoms. The quantitative estimate of drug-likeness (QED) is 0.785. The third-order valence-electron chi connectivity index (χ3n) is 4.36. The molecule has 1 aliphatic heterocycles. The third-order valence-corrected chi connectivity index (χ3v) is 4.36. The number of benzene rings is 1. The number of H-pyrrole nitrogens is 1. The molecule has 0 amide bonds. The molecule has 2 aromatic heterocycles. The van der Waals surface area contributed by atoms with E-state index in [1.165, 1.54) is 25.9 Å². The molecule has 1 fully saturated rings. The van der Waals surface area contributed by atoms with E-state index in [4.69, 9.17) is 4.52 Å². The first-order valence-corrected chi connectivity index (χ1v) is 8.01. The number of hydrogen-bond acceptors (Lipinski definition) is 4. The van der Waals surface area contributed by atoms with Crippen molar-refractivity contribution < 1.29 is 4.52 Å². The molecule has 3 aromatic rings. The van der Waals surface area contributed by atoms with Gasteiger partial charge in [0.15, 0.2) is 5.82 Å².